The zero-order chi connectivity index (χ0) is 23.7. The monoisotopic (exact) mass is 494 g/mol. The van der Waals surface area contributed by atoms with Gasteiger partial charge in [0.15, 0.2) is 0 Å². The zero-order valence-corrected chi connectivity index (χ0v) is 21.5. The summed E-state index contributed by atoms with van der Waals surface area (Å²) in [5, 5.41) is 3.99. The van der Waals surface area contributed by atoms with Crippen LogP contribution in [0.5, 0.6) is 0 Å². The third-order valence-electron chi connectivity index (χ3n) is 5.04. The zero-order valence-electron chi connectivity index (χ0n) is 19.2. The number of carbonyl (C=O) groups is 2. The summed E-state index contributed by atoms with van der Waals surface area (Å²) in [5.41, 5.74) is 3.14. The van der Waals surface area contributed by atoms with Crippen LogP contribution in [-0.2, 0) is 21.9 Å². The number of carbonyl (C=O) groups excluding carboxylic acids is 2. The van der Waals surface area contributed by atoms with Crippen LogP contribution in [0.3, 0.4) is 0 Å². The second kappa shape index (κ2) is 13.1. The number of hydrogen-bond donors (Lipinski definition) is 1. The van der Waals surface area contributed by atoms with E-state index in [2.05, 4.69) is 36.5 Å². The van der Waals surface area contributed by atoms with Crippen molar-refractivity contribution in [1.82, 2.24) is 10.2 Å². The van der Waals surface area contributed by atoms with E-state index in [1.807, 2.05) is 26.8 Å². The molecular formula is C25H32Cl2N2O2S. The maximum atomic E-state index is 13.3. The molecule has 2 aromatic carbocycles. The minimum absolute atomic E-state index is 0.0836. The lowest BCUT2D eigenvalue weighted by Crippen LogP contribution is -2.50. The standard InChI is InChI=1S/C25H32Cl2N2O2S/c1-5-23(25(31)28-13-17(2)3)29(14-20-10-11-21(26)12-22(20)27)24(30)16-32-15-19-8-6-18(4)7-9-19/h6-12,17,23H,5,13-16H2,1-4H3,(H,28,31)/t23-/m1/s1. The molecule has 32 heavy (non-hydrogen) atoms. The number of nitrogens with zero attached hydrogens (tertiary/aromatic N) is 1. The van der Waals surface area contributed by atoms with Gasteiger partial charge in [0.05, 0.1) is 5.75 Å². The Morgan fingerprint density at radius 2 is 1.78 bits per heavy atom. The summed E-state index contributed by atoms with van der Waals surface area (Å²) >= 11 is 14.0. The maximum Gasteiger partial charge on any atom is 0.242 e. The Morgan fingerprint density at radius 3 is 2.38 bits per heavy atom. The van der Waals surface area contributed by atoms with Crippen molar-refractivity contribution in [3.8, 4) is 0 Å². The number of amides is 2. The summed E-state index contributed by atoms with van der Waals surface area (Å²) in [6.45, 7) is 8.88. The molecule has 0 unspecified atom stereocenters. The molecule has 1 atom stereocenters. The fourth-order valence-corrected chi connectivity index (χ4v) is 4.54. The van der Waals surface area contributed by atoms with E-state index in [1.165, 1.54) is 11.1 Å². The number of aryl methyl sites for hydroxylation is 1. The van der Waals surface area contributed by atoms with Gasteiger partial charge < -0.3 is 10.2 Å². The Labute approximate surface area is 206 Å². The van der Waals surface area contributed by atoms with Crippen LogP contribution < -0.4 is 5.32 Å². The van der Waals surface area contributed by atoms with Crippen LogP contribution in [0.25, 0.3) is 0 Å². The first-order valence-corrected chi connectivity index (χ1v) is 12.8. The van der Waals surface area contributed by atoms with Crippen molar-refractivity contribution in [3.63, 3.8) is 0 Å². The lowest BCUT2D eigenvalue weighted by molar-refractivity contribution is -0.139. The Bertz CT molecular complexity index is 903. The summed E-state index contributed by atoms with van der Waals surface area (Å²) in [6, 6.07) is 12.9. The fraction of sp³-hybridized carbons (Fsp3) is 0.440. The van der Waals surface area contributed by atoms with E-state index in [-0.39, 0.29) is 24.1 Å². The van der Waals surface area contributed by atoms with Gasteiger partial charge in [-0.1, -0.05) is 79.9 Å². The molecular weight excluding hydrogens is 463 g/mol. The third kappa shape index (κ3) is 8.34. The van der Waals surface area contributed by atoms with Gasteiger partial charge in [-0.3, -0.25) is 9.59 Å². The van der Waals surface area contributed by atoms with Crippen molar-refractivity contribution >= 4 is 46.8 Å². The van der Waals surface area contributed by atoms with Crippen molar-refractivity contribution in [3.05, 3.63) is 69.2 Å². The molecule has 0 fully saturated rings. The summed E-state index contributed by atoms with van der Waals surface area (Å²) < 4.78 is 0. The van der Waals surface area contributed by atoms with Crippen LogP contribution in [0.1, 0.15) is 43.9 Å². The van der Waals surface area contributed by atoms with Crippen LogP contribution in [0.15, 0.2) is 42.5 Å². The van der Waals surface area contributed by atoms with Crippen molar-refractivity contribution < 1.29 is 9.59 Å². The van der Waals surface area contributed by atoms with E-state index in [1.54, 1.807) is 28.8 Å². The predicted octanol–water partition coefficient (Wildman–Crippen LogP) is 6.11. The summed E-state index contributed by atoms with van der Waals surface area (Å²) in [5.74, 6) is 1.13. The highest BCUT2D eigenvalue weighted by Gasteiger charge is 2.29. The molecule has 0 aliphatic heterocycles. The Kier molecular flexibility index (Phi) is 10.9. The molecule has 0 saturated carbocycles. The molecule has 2 amide bonds. The number of rotatable bonds is 11. The van der Waals surface area contributed by atoms with Crippen LogP contribution in [0, 0.1) is 12.8 Å². The summed E-state index contributed by atoms with van der Waals surface area (Å²) in [6.07, 6.45) is 0.517. The van der Waals surface area contributed by atoms with Gasteiger partial charge in [-0.2, -0.15) is 0 Å². The first-order valence-electron chi connectivity index (χ1n) is 10.9. The van der Waals surface area contributed by atoms with E-state index >= 15 is 0 Å². The van der Waals surface area contributed by atoms with Crippen molar-refractivity contribution in [1.29, 1.82) is 0 Å². The Morgan fingerprint density at radius 1 is 1.09 bits per heavy atom. The molecule has 0 bridgehead atoms. The van der Waals surface area contributed by atoms with Gasteiger partial charge in [-0.25, -0.2) is 0 Å². The van der Waals surface area contributed by atoms with Crippen molar-refractivity contribution in [2.75, 3.05) is 12.3 Å². The molecule has 2 aromatic rings. The highest BCUT2D eigenvalue weighted by Crippen LogP contribution is 2.24. The van der Waals surface area contributed by atoms with E-state index in [4.69, 9.17) is 23.2 Å². The van der Waals surface area contributed by atoms with Crippen LogP contribution in [0.4, 0.5) is 0 Å². The molecule has 174 valence electrons. The number of halogens is 2. The lowest BCUT2D eigenvalue weighted by Gasteiger charge is -2.31. The average Bonchev–Trinajstić information content (AvgIpc) is 2.74. The van der Waals surface area contributed by atoms with E-state index in [0.717, 1.165) is 11.3 Å². The van der Waals surface area contributed by atoms with Gasteiger partial charge >= 0.3 is 0 Å². The van der Waals surface area contributed by atoms with Gasteiger partial charge in [0.2, 0.25) is 11.8 Å². The van der Waals surface area contributed by atoms with Gasteiger partial charge in [0.1, 0.15) is 6.04 Å². The Hall–Kier alpha value is -1.69. The number of benzene rings is 2. The second-order valence-corrected chi connectivity index (χ2v) is 10.1. The molecule has 7 heteroatoms. The number of nitrogens with one attached hydrogen (secondary N) is 1. The van der Waals surface area contributed by atoms with Gasteiger partial charge in [-0.15, -0.1) is 11.8 Å². The van der Waals surface area contributed by atoms with E-state index in [0.29, 0.717) is 28.9 Å². The van der Waals surface area contributed by atoms with Gasteiger partial charge in [0, 0.05) is 28.9 Å². The maximum absolute atomic E-state index is 13.3. The van der Waals surface area contributed by atoms with E-state index in [9.17, 15) is 9.59 Å². The average molecular weight is 496 g/mol. The minimum atomic E-state index is -0.562. The number of hydrogen-bond acceptors (Lipinski definition) is 3. The molecule has 0 aliphatic carbocycles. The fourth-order valence-electron chi connectivity index (χ4n) is 3.20. The predicted molar refractivity (Wildman–Crippen MR) is 136 cm³/mol. The summed E-state index contributed by atoms with van der Waals surface area (Å²) in [7, 11) is 0. The second-order valence-electron chi connectivity index (χ2n) is 8.30. The van der Waals surface area contributed by atoms with Gasteiger partial charge in [0.25, 0.3) is 0 Å². The minimum Gasteiger partial charge on any atom is -0.354 e. The molecule has 0 heterocycles. The normalized spacial score (nSPS) is 12.0. The van der Waals surface area contributed by atoms with Crippen molar-refractivity contribution in [2.45, 2.75) is 52.5 Å². The van der Waals surface area contributed by atoms with Crippen molar-refractivity contribution in [2.24, 2.45) is 5.92 Å². The molecule has 0 radical (unpaired) electrons. The first kappa shape index (κ1) is 26.6. The molecule has 1 N–H and O–H groups in total. The molecule has 0 spiro atoms. The third-order valence-corrected chi connectivity index (χ3v) is 6.62. The van der Waals surface area contributed by atoms with Crippen LogP contribution in [0.2, 0.25) is 10.0 Å². The Balaban J connectivity index is 2.15. The molecule has 2 rings (SSSR count). The van der Waals surface area contributed by atoms with Gasteiger partial charge in [-0.05, 0) is 42.5 Å². The number of thioether (sulfide) groups is 1. The first-order chi connectivity index (χ1) is 15.2. The molecule has 0 saturated heterocycles. The smallest absolute Gasteiger partial charge is 0.242 e. The van der Waals surface area contributed by atoms with E-state index < -0.39 is 6.04 Å². The highest BCUT2D eigenvalue weighted by atomic mass is 35.5. The summed E-state index contributed by atoms with van der Waals surface area (Å²) in [4.78, 5) is 27.8. The molecule has 0 aliphatic rings. The quantitative estimate of drug-likeness (QED) is 0.409. The van der Waals surface area contributed by atoms with Crippen LogP contribution >= 0.6 is 35.0 Å². The lowest BCUT2D eigenvalue weighted by atomic mass is 10.1. The highest BCUT2D eigenvalue weighted by molar-refractivity contribution is 7.99. The SMILES string of the molecule is CC[C@H](C(=O)NCC(C)C)N(Cc1ccc(Cl)cc1Cl)C(=O)CSCc1ccc(C)cc1. The van der Waals surface area contributed by atoms with Crippen LogP contribution in [-0.4, -0.2) is 35.1 Å². The largest absolute Gasteiger partial charge is 0.354 e. The molecule has 0 aromatic heterocycles. The topological polar surface area (TPSA) is 49.4 Å². The molecule has 4 nitrogen and oxygen atoms in total.